The Morgan fingerprint density at radius 3 is 1.28 bits per heavy atom. The fraction of sp³-hybridized carbons (Fsp3) is 0.357. The molecule has 4 rings (SSSR count). The van der Waals surface area contributed by atoms with Gasteiger partial charge in [-0.1, -0.05) is 64.8 Å². The maximum absolute atomic E-state index is 2.33. The van der Waals surface area contributed by atoms with E-state index in [0.717, 1.165) is 0 Å². The van der Waals surface area contributed by atoms with Gasteiger partial charge in [-0.15, -0.1) is 93.9 Å². The first-order valence-corrected chi connectivity index (χ1v) is 18.8. The molecule has 0 aliphatic rings. The molecule has 0 atom stereocenters. The zero-order valence-corrected chi connectivity index (χ0v) is 27.0. The van der Waals surface area contributed by atoms with E-state index in [9.17, 15) is 0 Å². The molecule has 0 radical (unpaired) electrons. The molecule has 0 aliphatic carbocycles. The molecule has 0 heterocycles. The molecule has 0 unspecified atom stereocenters. The van der Waals surface area contributed by atoms with E-state index in [-0.39, 0.29) is 30.3 Å². The van der Waals surface area contributed by atoms with Gasteiger partial charge in [0.15, 0.2) is 0 Å². The molecule has 0 fully saturated rings. The molecule has 0 bridgehead atoms. The van der Waals surface area contributed by atoms with Crippen LogP contribution in [0.5, 0.6) is 0 Å². The molecule has 0 amide bonds. The van der Waals surface area contributed by atoms with Crippen molar-refractivity contribution in [2.45, 2.75) is 66.5 Å². The number of hydrogen-bond acceptors (Lipinski definition) is 0. The molecule has 0 aromatic heterocycles. The maximum atomic E-state index is 2.33. The molecule has 172 valence electrons. The van der Waals surface area contributed by atoms with E-state index < -0.39 is 0 Å². The fourth-order valence-corrected chi connectivity index (χ4v) is 3.82. The molecule has 0 aliphatic heterocycles. The molecule has 0 spiro atoms. The van der Waals surface area contributed by atoms with Crippen molar-refractivity contribution in [2.75, 3.05) is 0 Å². The van der Waals surface area contributed by atoms with Gasteiger partial charge in [-0.2, -0.15) is 12.1 Å². The normalized spacial score (nSPS) is 10.1. The molecular formula is C28H38Cl2HfSi. The molecule has 0 saturated carbocycles. The quantitative estimate of drug-likeness (QED) is 0.150. The van der Waals surface area contributed by atoms with Gasteiger partial charge in [-0.3, -0.25) is 0 Å². The minimum absolute atomic E-state index is 0. The Balaban J connectivity index is 0.000000490. The van der Waals surface area contributed by atoms with Crippen LogP contribution in [-0.4, -0.2) is 5.49 Å². The van der Waals surface area contributed by atoms with Crippen molar-refractivity contribution < 1.29 is 23.0 Å². The average molecular weight is 652 g/mol. The Labute approximate surface area is 222 Å². The summed E-state index contributed by atoms with van der Waals surface area (Å²) in [4.78, 5) is 0. The summed E-state index contributed by atoms with van der Waals surface area (Å²) in [6.45, 7) is 18.0. The van der Waals surface area contributed by atoms with Gasteiger partial charge < -0.3 is 0 Å². The monoisotopic (exact) mass is 652 g/mol. The van der Waals surface area contributed by atoms with Crippen molar-refractivity contribution in [3.05, 3.63) is 82.9 Å². The van der Waals surface area contributed by atoms with E-state index >= 15 is 0 Å². The third-order valence-electron chi connectivity index (χ3n) is 5.10. The average Bonchev–Trinajstić information content (AvgIpc) is 3.21. The summed E-state index contributed by atoms with van der Waals surface area (Å²) in [5.74, 6) is 1.23. The molecule has 0 saturated heterocycles. The number of hydrogen-bond donors (Lipinski definition) is 0. The standard InChI is InChI=1S/2C13H15.C2H6Si.2ClH.Hf/c2*1-9(2)12-6-4-5-11-7-10(3)8-13(11)12;1-3-2;;;/h2*4-9H,1-3H3;1-2H3;2*1H;/q2*-1;;;;+2. The van der Waals surface area contributed by atoms with Gasteiger partial charge in [-0.05, 0) is 11.8 Å². The van der Waals surface area contributed by atoms with E-state index in [1.54, 1.807) is 0 Å². The Morgan fingerprint density at radius 1 is 0.688 bits per heavy atom. The van der Waals surface area contributed by atoms with E-state index in [1.165, 1.54) is 66.8 Å². The first-order chi connectivity index (χ1) is 14.1. The number of benzene rings is 2. The minimum Gasteiger partial charge on any atom is -0.165 e. The summed E-state index contributed by atoms with van der Waals surface area (Å²) < 4.78 is 0. The number of fused-ring (bicyclic) bond motifs is 2. The van der Waals surface area contributed by atoms with Gasteiger partial charge in [0.1, 0.15) is 0 Å². The fourth-order valence-electron chi connectivity index (χ4n) is 3.82. The van der Waals surface area contributed by atoms with Crippen LogP contribution in [0.2, 0.25) is 13.1 Å². The van der Waals surface area contributed by atoms with E-state index in [0.29, 0.717) is 11.8 Å². The van der Waals surface area contributed by atoms with Crippen molar-refractivity contribution in [3.63, 3.8) is 0 Å². The summed E-state index contributed by atoms with van der Waals surface area (Å²) in [5, 5.41) is 5.61. The van der Waals surface area contributed by atoms with Crippen LogP contribution < -0.4 is 0 Å². The van der Waals surface area contributed by atoms with Crippen LogP contribution in [0.15, 0.2) is 60.7 Å². The molecule has 0 nitrogen and oxygen atoms in total. The Bertz CT molecular complexity index is 1030. The van der Waals surface area contributed by atoms with Crippen molar-refractivity contribution in [3.8, 4) is 0 Å². The van der Waals surface area contributed by atoms with Crippen LogP contribution in [0.3, 0.4) is 0 Å². The van der Waals surface area contributed by atoms with Gasteiger partial charge >= 0.3 is 41.6 Å². The maximum Gasteiger partial charge on any atom is -0.0308 e. The SMILES string of the molecule is C[Si](C)=[Hf+2].Cc1cc2c(C(C)C)cccc2[cH-]1.Cc1cc2c(C(C)C)cccc2[cH-]1.Cl.Cl. The third kappa shape index (κ3) is 8.93. The Hall–Kier alpha value is -0.673. The molecular weight excluding hydrogens is 614 g/mol. The second-order valence-electron chi connectivity index (χ2n) is 9.08. The molecule has 32 heavy (non-hydrogen) atoms. The van der Waals surface area contributed by atoms with Crippen molar-refractivity contribution >= 4 is 51.9 Å². The van der Waals surface area contributed by atoms with Crippen LogP contribution in [-0.2, 0) is 23.0 Å². The van der Waals surface area contributed by atoms with E-state index in [2.05, 4.69) is 115 Å². The van der Waals surface area contributed by atoms with Crippen LogP contribution >= 0.6 is 24.8 Å². The van der Waals surface area contributed by atoms with Gasteiger partial charge in [0.05, 0.1) is 0 Å². The summed E-state index contributed by atoms with van der Waals surface area (Å²) in [6, 6.07) is 22.2. The van der Waals surface area contributed by atoms with Crippen LogP contribution in [0.1, 0.15) is 61.8 Å². The van der Waals surface area contributed by atoms with Crippen molar-refractivity contribution in [1.29, 1.82) is 0 Å². The van der Waals surface area contributed by atoms with Crippen LogP contribution in [0.25, 0.3) is 21.5 Å². The number of aryl methyl sites for hydroxylation is 2. The minimum atomic E-state index is 0. The summed E-state index contributed by atoms with van der Waals surface area (Å²) in [6.07, 6.45) is 0. The van der Waals surface area contributed by atoms with Crippen molar-refractivity contribution in [2.24, 2.45) is 0 Å². The predicted molar refractivity (Wildman–Crippen MR) is 149 cm³/mol. The first-order valence-electron chi connectivity index (χ1n) is 10.9. The van der Waals surface area contributed by atoms with Gasteiger partial charge in [0, 0.05) is 0 Å². The van der Waals surface area contributed by atoms with Crippen molar-refractivity contribution in [1.82, 2.24) is 0 Å². The van der Waals surface area contributed by atoms with E-state index in [4.69, 9.17) is 0 Å². The largest absolute Gasteiger partial charge is 0.165 e. The summed E-state index contributed by atoms with van der Waals surface area (Å²) in [5.41, 5.74) is 5.91. The second kappa shape index (κ2) is 14.6. The molecule has 4 heteroatoms. The topological polar surface area (TPSA) is 0 Å². The first kappa shape index (κ1) is 31.3. The zero-order valence-electron chi connectivity index (χ0n) is 20.7. The van der Waals surface area contributed by atoms with Gasteiger partial charge in [0.2, 0.25) is 0 Å². The molecule has 4 aromatic carbocycles. The summed E-state index contributed by atoms with van der Waals surface area (Å²) in [7, 11) is 0. The number of halogens is 2. The second-order valence-corrected chi connectivity index (χ2v) is 21.9. The van der Waals surface area contributed by atoms with Gasteiger partial charge in [-0.25, -0.2) is 0 Å². The van der Waals surface area contributed by atoms with Crippen LogP contribution in [0.4, 0.5) is 0 Å². The molecule has 4 aromatic rings. The third-order valence-corrected chi connectivity index (χ3v) is 5.10. The summed E-state index contributed by atoms with van der Waals surface area (Å²) >= 11 is 1.45. The number of rotatable bonds is 2. The predicted octanol–water partition coefficient (Wildman–Crippen LogP) is 9.61. The van der Waals surface area contributed by atoms with Crippen LogP contribution in [0, 0.1) is 13.8 Å². The van der Waals surface area contributed by atoms with Gasteiger partial charge in [0.25, 0.3) is 0 Å². The smallest absolute Gasteiger partial charge is 0.0308 e. The zero-order chi connectivity index (χ0) is 22.4. The van der Waals surface area contributed by atoms with E-state index in [1.807, 2.05) is 0 Å². The Morgan fingerprint density at radius 2 is 1.00 bits per heavy atom. The molecule has 0 N–H and O–H groups in total. The Kier molecular flexibility index (Phi) is 14.3.